The van der Waals surface area contributed by atoms with Crippen molar-refractivity contribution in [1.82, 2.24) is 4.72 Å². The van der Waals surface area contributed by atoms with Gasteiger partial charge in [-0.15, -0.1) is 0 Å². The van der Waals surface area contributed by atoms with E-state index in [0.717, 1.165) is 0 Å². The Balaban J connectivity index is 1.97. The zero-order valence-corrected chi connectivity index (χ0v) is 16.8. The highest BCUT2D eigenvalue weighted by molar-refractivity contribution is 7.89. The third-order valence-electron chi connectivity index (χ3n) is 3.69. The molecule has 2 aromatic carbocycles. The topological polar surface area (TPSA) is 98.8 Å². The minimum absolute atomic E-state index is 0.0192. The first-order chi connectivity index (χ1) is 13.2. The zero-order valence-electron chi connectivity index (χ0n) is 16.0. The lowest BCUT2D eigenvalue weighted by Crippen LogP contribution is -2.30. The maximum Gasteiger partial charge on any atom is 0.338 e. The monoisotopic (exact) mass is 405 g/mol. The van der Waals surface area contributed by atoms with E-state index >= 15 is 0 Å². The number of carbonyl (C=O) groups is 2. The molecule has 1 N–H and O–H groups in total. The molecule has 0 aromatic heterocycles. The van der Waals surface area contributed by atoms with Crippen molar-refractivity contribution in [2.45, 2.75) is 31.7 Å². The molecule has 0 bridgehead atoms. The van der Waals surface area contributed by atoms with E-state index in [-0.39, 0.29) is 29.7 Å². The fourth-order valence-electron chi connectivity index (χ4n) is 2.37. The standard InChI is InChI=1S/C20H23NO6S/c1-14(2)21-28(24,25)17-10-9-15(3)18(13-17)20(23)27-12-11-26-19(22)16-7-5-4-6-8-16/h4-10,13-14,21H,11-12H2,1-3H3. The first-order valence-corrected chi connectivity index (χ1v) is 10.2. The first-order valence-electron chi connectivity index (χ1n) is 8.73. The number of aryl methyl sites for hydroxylation is 1. The molecule has 0 aliphatic carbocycles. The lowest BCUT2D eigenvalue weighted by molar-refractivity contribution is 0.0265. The highest BCUT2D eigenvalue weighted by Crippen LogP contribution is 2.17. The number of carbonyl (C=O) groups excluding carboxylic acids is 2. The van der Waals surface area contributed by atoms with Gasteiger partial charge in [0.15, 0.2) is 0 Å². The average molecular weight is 405 g/mol. The third-order valence-corrected chi connectivity index (χ3v) is 5.35. The summed E-state index contributed by atoms with van der Waals surface area (Å²) in [7, 11) is -3.73. The van der Waals surface area contributed by atoms with Gasteiger partial charge in [0.1, 0.15) is 13.2 Å². The van der Waals surface area contributed by atoms with Crippen molar-refractivity contribution < 1.29 is 27.5 Å². The van der Waals surface area contributed by atoms with Crippen LogP contribution >= 0.6 is 0 Å². The Morgan fingerprint density at radius 3 is 2.18 bits per heavy atom. The van der Waals surface area contributed by atoms with Crippen LogP contribution < -0.4 is 4.72 Å². The number of hydrogen-bond donors (Lipinski definition) is 1. The van der Waals surface area contributed by atoms with Crippen LogP contribution in [-0.2, 0) is 19.5 Å². The first kappa shape index (κ1) is 21.6. The van der Waals surface area contributed by atoms with Gasteiger partial charge in [0.05, 0.1) is 16.0 Å². The molecular formula is C20H23NO6S. The second-order valence-electron chi connectivity index (χ2n) is 6.39. The number of sulfonamides is 1. The zero-order chi connectivity index (χ0) is 20.7. The van der Waals surface area contributed by atoms with Crippen LogP contribution in [0.15, 0.2) is 53.4 Å². The van der Waals surface area contributed by atoms with Crippen molar-refractivity contribution in [3.63, 3.8) is 0 Å². The number of nitrogens with one attached hydrogen (secondary N) is 1. The van der Waals surface area contributed by atoms with E-state index in [1.165, 1.54) is 12.1 Å². The van der Waals surface area contributed by atoms with Gasteiger partial charge in [-0.1, -0.05) is 24.3 Å². The number of benzene rings is 2. The Morgan fingerprint density at radius 1 is 0.964 bits per heavy atom. The van der Waals surface area contributed by atoms with Gasteiger partial charge in [-0.05, 0) is 50.6 Å². The normalized spacial score (nSPS) is 11.3. The molecule has 2 aromatic rings. The second-order valence-corrected chi connectivity index (χ2v) is 8.10. The lowest BCUT2D eigenvalue weighted by atomic mass is 10.1. The highest BCUT2D eigenvalue weighted by Gasteiger charge is 2.19. The van der Waals surface area contributed by atoms with Gasteiger partial charge in [0.25, 0.3) is 0 Å². The molecule has 0 saturated carbocycles. The molecule has 150 valence electrons. The Hall–Kier alpha value is -2.71. The minimum Gasteiger partial charge on any atom is -0.458 e. The van der Waals surface area contributed by atoms with Gasteiger partial charge in [0.2, 0.25) is 10.0 Å². The van der Waals surface area contributed by atoms with Gasteiger partial charge in [-0.3, -0.25) is 0 Å². The average Bonchev–Trinajstić information content (AvgIpc) is 2.64. The Kier molecular flexibility index (Phi) is 7.31. The molecule has 0 unspecified atom stereocenters. The lowest BCUT2D eigenvalue weighted by Gasteiger charge is -2.12. The van der Waals surface area contributed by atoms with Crippen molar-refractivity contribution in [2.75, 3.05) is 13.2 Å². The molecule has 0 amide bonds. The Morgan fingerprint density at radius 2 is 1.57 bits per heavy atom. The molecule has 0 heterocycles. The summed E-state index contributed by atoms with van der Waals surface area (Å²) in [4.78, 5) is 24.1. The van der Waals surface area contributed by atoms with Crippen LogP contribution in [0.2, 0.25) is 0 Å². The molecule has 0 saturated heterocycles. The van der Waals surface area contributed by atoms with Crippen LogP contribution in [0.5, 0.6) is 0 Å². The molecular weight excluding hydrogens is 382 g/mol. The van der Waals surface area contributed by atoms with Crippen LogP contribution in [-0.4, -0.2) is 39.6 Å². The molecule has 8 heteroatoms. The van der Waals surface area contributed by atoms with E-state index in [9.17, 15) is 18.0 Å². The largest absolute Gasteiger partial charge is 0.458 e. The van der Waals surface area contributed by atoms with E-state index in [1.807, 2.05) is 0 Å². The molecule has 0 spiro atoms. The van der Waals surface area contributed by atoms with E-state index in [4.69, 9.17) is 9.47 Å². The summed E-state index contributed by atoms with van der Waals surface area (Å²) in [5.74, 6) is -1.20. The van der Waals surface area contributed by atoms with Gasteiger partial charge < -0.3 is 9.47 Å². The van der Waals surface area contributed by atoms with Crippen molar-refractivity contribution >= 4 is 22.0 Å². The summed E-state index contributed by atoms with van der Waals surface area (Å²) in [6, 6.07) is 12.4. The van der Waals surface area contributed by atoms with Crippen molar-refractivity contribution in [3.05, 3.63) is 65.2 Å². The number of hydrogen-bond acceptors (Lipinski definition) is 6. The quantitative estimate of drug-likeness (QED) is 0.536. The van der Waals surface area contributed by atoms with Gasteiger partial charge in [-0.25, -0.2) is 22.7 Å². The van der Waals surface area contributed by atoms with Crippen molar-refractivity contribution in [2.24, 2.45) is 0 Å². The molecule has 0 aliphatic rings. The predicted octanol–water partition coefficient (Wildman–Crippen LogP) is 2.70. The molecule has 0 atom stereocenters. The van der Waals surface area contributed by atoms with E-state index < -0.39 is 22.0 Å². The maximum absolute atomic E-state index is 12.3. The minimum atomic E-state index is -3.73. The fourth-order valence-corrected chi connectivity index (χ4v) is 3.65. The van der Waals surface area contributed by atoms with Crippen LogP contribution in [0.25, 0.3) is 0 Å². The Labute approximate surface area is 164 Å². The van der Waals surface area contributed by atoms with Gasteiger partial charge >= 0.3 is 11.9 Å². The summed E-state index contributed by atoms with van der Waals surface area (Å²) >= 11 is 0. The smallest absolute Gasteiger partial charge is 0.338 e. The molecule has 28 heavy (non-hydrogen) atoms. The number of rotatable bonds is 8. The molecule has 2 rings (SSSR count). The molecule has 0 aliphatic heterocycles. The summed E-state index contributed by atoms with van der Waals surface area (Å²) in [6.07, 6.45) is 0. The predicted molar refractivity (Wildman–Crippen MR) is 104 cm³/mol. The SMILES string of the molecule is Cc1ccc(S(=O)(=O)NC(C)C)cc1C(=O)OCCOC(=O)c1ccccc1. The van der Waals surface area contributed by atoms with Crippen molar-refractivity contribution in [3.8, 4) is 0 Å². The fraction of sp³-hybridized carbons (Fsp3) is 0.300. The Bertz CT molecular complexity index is 938. The van der Waals surface area contributed by atoms with Crippen LogP contribution in [0, 0.1) is 6.92 Å². The van der Waals surface area contributed by atoms with E-state index in [1.54, 1.807) is 57.2 Å². The van der Waals surface area contributed by atoms with Gasteiger partial charge in [0, 0.05) is 6.04 Å². The summed E-state index contributed by atoms with van der Waals surface area (Å²) < 4.78 is 37.2. The van der Waals surface area contributed by atoms with E-state index in [0.29, 0.717) is 11.1 Å². The third kappa shape index (κ3) is 5.90. The van der Waals surface area contributed by atoms with Crippen LogP contribution in [0.4, 0.5) is 0 Å². The van der Waals surface area contributed by atoms with Crippen LogP contribution in [0.3, 0.4) is 0 Å². The molecule has 0 fully saturated rings. The number of esters is 2. The van der Waals surface area contributed by atoms with Crippen molar-refractivity contribution in [1.29, 1.82) is 0 Å². The van der Waals surface area contributed by atoms with E-state index in [2.05, 4.69) is 4.72 Å². The molecule has 0 radical (unpaired) electrons. The van der Waals surface area contributed by atoms with Gasteiger partial charge in [-0.2, -0.15) is 0 Å². The maximum atomic E-state index is 12.3. The highest BCUT2D eigenvalue weighted by atomic mass is 32.2. The molecule has 7 nitrogen and oxygen atoms in total. The summed E-state index contributed by atoms with van der Waals surface area (Å²) in [5, 5.41) is 0. The number of ether oxygens (including phenoxy) is 2. The van der Waals surface area contributed by atoms with Crippen LogP contribution in [0.1, 0.15) is 40.1 Å². The second kappa shape index (κ2) is 9.48. The summed E-state index contributed by atoms with van der Waals surface area (Å²) in [6.45, 7) is 4.84. The summed E-state index contributed by atoms with van der Waals surface area (Å²) in [5.41, 5.74) is 1.12.